The number of imidazole rings is 2. The van der Waals surface area contributed by atoms with Crippen LogP contribution in [0.1, 0.15) is 76.4 Å². The number of nitrogens with zero attached hydrogens (tertiary/aromatic N) is 10. The van der Waals surface area contributed by atoms with Gasteiger partial charge < -0.3 is 40.2 Å². The minimum atomic E-state index is -0.860. The third kappa shape index (κ3) is 10.6. The first-order chi connectivity index (χ1) is 36.8. The lowest BCUT2D eigenvalue weighted by Gasteiger charge is -2.30. The molecular weight excluding hydrogens is 965 g/mol. The molecule has 8 aromatic rings. The number of methoxy groups -OCH3 is 1. The molecule has 390 valence electrons. The summed E-state index contributed by atoms with van der Waals surface area (Å²) in [7, 11) is 1.28. The Balaban J connectivity index is 0.852. The first-order valence-electron chi connectivity index (χ1n) is 25.5. The van der Waals surface area contributed by atoms with Gasteiger partial charge in [0.2, 0.25) is 17.7 Å². The van der Waals surface area contributed by atoms with Gasteiger partial charge in [0.1, 0.15) is 41.7 Å². The van der Waals surface area contributed by atoms with Crippen LogP contribution in [-0.4, -0.2) is 128 Å². The summed E-state index contributed by atoms with van der Waals surface area (Å²) >= 11 is 0. The number of aromatic amines is 2. The molecule has 4 aromatic carbocycles. The zero-order valence-electron chi connectivity index (χ0n) is 42.8. The molecular formula is C56H60N14O6. The Hall–Kier alpha value is -8.78. The van der Waals surface area contributed by atoms with Gasteiger partial charge in [-0.3, -0.25) is 14.4 Å². The SMILES string of the molecule is COC(=O)N[C@H](C(=O)N1C[C@H](n2cc(-c3ccccc3)nn2)CC1c1ncc(-c2ccc(-c3ccc(-c4cnc(C5C[C@@H](n6cc(-c7ccccc7)nn6)CN5C(=O)C(NC(=O)CO)C(C)C)[nH]4)cc3)cc2)[nH]1)C(C)C. The molecule has 2 fully saturated rings. The number of ether oxygens (including phenoxy) is 1. The van der Waals surface area contributed by atoms with Gasteiger partial charge in [0.15, 0.2) is 0 Å². The summed E-state index contributed by atoms with van der Waals surface area (Å²) in [5.74, 6) is -0.395. The van der Waals surface area contributed by atoms with Gasteiger partial charge in [0.05, 0.1) is 67.5 Å². The van der Waals surface area contributed by atoms with E-state index in [1.807, 2.05) is 142 Å². The number of rotatable bonds is 16. The van der Waals surface area contributed by atoms with Crippen molar-refractivity contribution in [3.05, 3.63) is 146 Å². The fourth-order valence-corrected chi connectivity index (χ4v) is 10.2. The Morgan fingerprint density at radius 1 is 0.592 bits per heavy atom. The predicted octanol–water partition coefficient (Wildman–Crippen LogP) is 7.19. The highest BCUT2D eigenvalue weighted by atomic mass is 16.5. The number of amides is 4. The zero-order chi connectivity index (χ0) is 53.0. The van der Waals surface area contributed by atoms with Crippen molar-refractivity contribution >= 4 is 23.8 Å². The third-order valence-electron chi connectivity index (χ3n) is 14.4. The third-order valence-corrected chi connectivity index (χ3v) is 14.4. The van der Waals surface area contributed by atoms with Crippen molar-refractivity contribution in [2.45, 2.75) is 76.8 Å². The summed E-state index contributed by atoms with van der Waals surface area (Å²) in [5.41, 5.74) is 8.68. The number of hydrogen-bond donors (Lipinski definition) is 5. The number of likely N-dealkylation sites (tertiary alicyclic amines) is 2. The Morgan fingerprint density at radius 2 is 1.00 bits per heavy atom. The summed E-state index contributed by atoms with van der Waals surface area (Å²) in [6.07, 6.45) is 7.66. The lowest BCUT2D eigenvalue weighted by atomic mass is 10.0. The van der Waals surface area contributed by atoms with Crippen LogP contribution >= 0.6 is 0 Å². The van der Waals surface area contributed by atoms with E-state index >= 15 is 0 Å². The Labute approximate surface area is 438 Å². The van der Waals surface area contributed by atoms with E-state index in [0.717, 1.165) is 56.2 Å². The number of hydrogen-bond acceptors (Lipinski definition) is 12. The molecule has 0 aliphatic carbocycles. The van der Waals surface area contributed by atoms with Crippen molar-refractivity contribution in [3.63, 3.8) is 0 Å². The van der Waals surface area contributed by atoms with Gasteiger partial charge in [0, 0.05) is 24.2 Å². The topological polar surface area (TPSA) is 247 Å². The molecule has 0 bridgehead atoms. The quantitative estimate of drug-likeness (QED) is 0.0645. The maximum absolute atomic E-state index is 14.4. The molecule has 6 atom stereocenters. The van der Waals surface area contributed by atoms with Gasteiger partial charge in [0.25, 0.3) is 0 Å². The molecule has 76 heavy (non-hydrogen) atoms. The molecule has 20 nitrogen and oxygen atoms in total. The van der Waals surface area contributed by atoms with E-state index in [2.05, 4.69) is 53.4 Å². The van der Waals surface area contributed by atoms with E-state index in [1.165, 1.54) is 7.11 Å². The smallest absolute Gasteiger partial charge is 0.407 e. The van der Waals surface area contributed by atoms with Crippen molar-refractivity contribution in [2.75, 3.05) is 26.8 Å². The average Bonchev–Trinajstić information content (AvgIpc) is 4.32. The van der Waals surface area contributed by atoms with E-state index < -0.39 is 42.8 Å². The summed E-state index contributed by atoms with van der Waals surface area (Å²) in [6.45, 7) is 7.39. The van der Waals surface area contributed by atoms with Crippen LogP contribution < -0.4 is 10.6 Å². The van der Waals surface area contributed by atoms with E-state index in [0.29, 0.717) is 37.6 Å². The molecule has 2 saturated heterocycles. The van der Waals surface area contributed by atoms with Crippen molar-refractivity contribution < 1.29 is 29.0 Å². The standard InChI is InChI=1S/C56H60N14O6/c1-33(2)50(61-49(72)32-71)54(73)67-28-41(69-30-45(63-65-69)37-12-8-6-9-13-37)24-47(67)52-57-26-43(59-52)39-20-16-35(17-21-39)36-18-22-40(23-19-36)44-27-58-53(60-44)48-25-42(70-31-46(64-66-70)38-14-10-7-11-15-38)29-68(48)55(74)51(34(3)4)62-56(75)76-5/h6-23,26-27,30-31,33-34,41-42,47-48,50-51,71H,24-25,28-29,32H2,1-5H3,(H,57,59)(H,58,60)(H,61,72)(H,62,75)/t41-,42-,47?,48?,50?,51+/m1/s1. The van der Waals surface area contributed by atoms with E-state index in [4.69, 9.17) is 14.7 Å². The number of benzene rings is 4. The van der Waals surface area contributed by atoms with Gasteiger partial charge in [-0.05, 0) is 46.9 Å². The van der Waals surface area contributed by atoms with Gasteiger partial charge in [-0.2, -0.15) is 0 Å². The second kappa shape index (κ2) is 22.0. The number of aliphatic hydroxyl groups is 1. The largest absolute Gasteiger partial charge is 0.453 e. The average molecular weight is 1030 g/mol. The van der Waals surface area contributed by atoms with E-state index in [1.54, 1.807) is 26.9 Å². The van der Waals surface area contributed by atoms with Crippen molar-refractivity contribution in [1.29, 1.82) is 0 Å². The van der Waals surface area contributed by atoms with Crippen LogP contribution in [0.4, 0.5) is 4.79 Å². The van der Waals surface area contributed by atoms with E-state index in [-0.39, 0.29) is 35.7 Å². The first-order valence-corrected chi connectivity index (χ1v) is 25.5. The number of aromatic nitrogens is 10. The lowest BCUT2D eigenvalue weighted by molar-refractivity contribution is -0.139. The van der Waals surface area contributed by atoms with E-state index in [9.17, 15) is 24.3 Å². The zero-order valence-corrected chi connectivity index (χ0v) is 42.8. The molecule has 0 spiro atoms. The first kappa shape index (κ1) is 50.7. The molecule has 2 aliphatic heterocycles. The maximum atomic E-state index is 14.4. The normalized spacial score (nSPS) is 18.3. The number of nitrogens with one attached hydrogen (secondary N) is 4. The summed E-state index contributed by atoms with van der Waals surface area (Å²) in [4.78, 5) is 73.6. The van der Waals surface area contributed by atoms with Crippen molar-refractivity contribution in [2.24, 2.45) is 11.8 Å². The molecule has 4 amide bonds. The Morgan fingerprint density at radius 3 is 1.39 bits per heavy atom. The van der Waals surface area contributed by atoms with Crippen LogP contribution in [0.25, 0.3) is 56.2 Å². The van der Waals surface area contributed by atoms with Crippen LogP contribution in [0, 0.1) is 11.8 Å². The fourth-order valence-electron chi connectivity index (χ4n) is 10.2. The Bertz CT molecular complexity index is 3080. The minimum Gasteiger partial charge on any atom is -0.453 e. The van der Waals surface area contributed by atoms with Crippen LogP contribution in [0.15, 0.2) is 134 Å². The second-order valence-electron chi connectivity index (χ2n) is 20.0. The molecule has 20 heteroatoms. The highest BCUT2D eigenvalue weighted by Gasteiger charge is 2.44. The number of H-pyrrole nitrogens is 2. The highest BCUT2D eigenvalue weighted by Crippen LogP contribution is 2.41. The summed E-state index contributed by atoms with van der Waals surface area (Å²) in [5, 5.41) is 32.8. The van der Waals surface area contributed by atoms with Gasteiger partial charge in [-0.15, -0.1) is 10.2 Å². The van der Waals surface area contributed by atoms with Crippen LogP contribution in [0.3, 0.4) is 0 Å². The number of carbonyl (C=O) groups excluding carboxylic acids is 4. The number of carbonyl (C=O) groups is 4. The van der Waals surface area contributed by atoms with Crippen LogP contribution in [-0.2, 0) is 19.1 Å². The maximum Gasteiger partial charge on any atom is 0.407 e. The molecule has 5 N–H and O–H groups in total. The molecule has 0 saturated carbocycles. The monoisotopic (exact) mass is 1020 g/mol. The highest BCUT2D eigenvalue weighted by molar-refractivity contribution is 5.89. The summed E-state index contributed by atoms with van der Waals surface area (Å²) < 4.78 is 8.48. The fraction of sp³-hybridized carbons (Fsp3) is 0.321. The van der Waals surface area contributed by atoms with Crippen LogP contribution in [0.2, 0.25) is 0 Å². The number of aliphatic hydroxyl groups excluding tert-OH is 1. The van der Waals surface area contributed by atoms with Gasteiger partial charge in [-0.1, -0.05) is 147 Å². The van der Waals surface area contributed by atoms with Gasteiger partial charge in [-0.25, -0.2) is 24.1 Å². The minimum absolute atomic E-state index is 0.209. The second-order valence-corrected chi connectivity index (χ2v) is 20.0. The predicted molar refractivity (Wildman–Crippen MR) is 282 cm³/mol. The Kier molecular flexibility index (Phi) is 14.7. The lowest BCUT2D eigenvalue weighted by Crippen LogP contribution is -2.51. The summed E-state index contributed by atoms with van der Waals surface area (Å²) in [6, 6.07) is 32.8. The van der Waals surface area contributed by atoms with Crippen molar-refractivity contribution in [1.82, 2.24) is 70.4 Å². The molecule has 2 aliphatic rings. The molecule has 10 rings (SSSR count). The van der Waals surface area contributed by atoms with Crippen molar-refractivity contribution in [3.8, 4) is 56.2 Å². The molecule has 3 unspecified atom stereocenters. The molecule has 4 aromatic heterocycles. The van der Waals surface area contributed by atoms with Crippen LogP contribution in [0.5, 0.6) is 0 Å². The van der Waals surface area contributed by atoms with Gasteiger partial charge >= 0.3 is 6.09 Å². The molecule has 6 heterocycles. The molecule has 0 radical (unpaired) electrons. The number of alkyl carbamates (subject to hydrolysis) is 1.